The van der Waals surface area contributed by atoms with Gasteiger partial charge in [-0.3, -0.25) is 19.7 Å². The number of primary amides is 1. The molecule has 1 aromatic carbocycles. The Kier molecular flexibility index (Phi) is 6.06. The van der Waals surface area contributed by atoms with E-state index in [-0.39, 0.29) is 0 Å². The number of carbonyl (C=O) groups is 4. The highest BCUT2D eigenvalue weighted by Gasteiger charge is 2.12. The number of esters is 1. The summed E-state index contributed by atoms with van der Waals surface area (Å²) in [5.41, 5.74) is 7.00. The van der Waals surface area contributed by atoms with Gasteiger partial charge in [0.2, 0.25) is 0 Å². The third-order valence-corrected chi connectivity index (χ3v) is 2.50. The van der Waals surface area contributed by atoms with Crippen molar-refractivity contribution in [1.29, 1.82) is 0 Å². The van der Waals surface area contributed by atoms with E-state index in [0.29, 0.717) is 5.56 Å². The fourth-order valence-electron chi connectivity index (χ4n) is 1.73. The summed E-state index contributed by atoms with van der Waals surface area (Å²) in [5, 5.41) is 4.12. The van der Waals surface area contributed by atoms with E-state index in [4.69, 9.17) is 5.73 Å². The summed E-state index contributed by atoms with van der Waals surface area (Å²) in [6.07, 6.45) is 0. The Balaban J connectivity index is 2.42. The summed E-state index contributed by atoms with van der Waals surface area (Å²) in [7, 11) is 0. The lowest BCUT2D eigenvalue weighted by Gasteiger charge is -2.07. The first kappa shape index (κ1) is 17.2. The number of urea groups is 1. The van der Waals surface area contributed by atoms with Crippen LogP contribution in [0.5, 0.6) is 0 Å². The molecule has 0 bridgehead atoms. The molecule has 4 amide bonds. The van der Waals surface area contributed by atoms with Crippen molar-refractivity contribution in [3.63, 3.8) is 0 Å². The maximum Gasteiger partial charge on any atom is 0.325 e. The summed E-state index contributed by atoms with van der Waals surface area (Å²) in [4.78, 5) is 44.6. The summed E-state index contributed by atoms with van der Waals surface area (Å²) in [6, 6.07) is 4.26. The average molecular weight is 307 g/mol. The molecule has 118 valence electrons. The third kappa shape index (κ3) is 6.04. The van der Waals surface area contributed by atoms with Gasteiger partial charge in [0.1, 0.15) is 6.54 Å². The van der Waals surface area contributed by atoms with Gasteiger partial charge < -0.3 is 15.8 Å². The lowest BCUT2D eigenvalue weighted by molar-refractivity contribution is -0.147. The zero-order valence-electron chi connectivity index (χ0n) is 12.3. The Morgan fingerprint density at radius 2 is 1.68 bits per heavy atom. The predicted octanol–water partition coefficient (Wildman–Crippen LogP) is -0.229. The molecular weight excluding hydrogens is 290 g/mol. The lowest BCUT2D eigenvalue weighted by atomic mass is 10.1. The Hall–Kier alpha value is -2.90. The largest absolute Gasteiger partial charge is 0.454 e. The van der Waals surface area contributed by atoms with Crippen LogP contribution in [-0.2, 0) is 14.3 Å². The van der Waals surface area contributed by atoms with Gasteiger partial charge in [-0.05, 0) is 26.0 Å². The molecule has 0 aromatic heterocycles. The minimum absolute atomic E-state index is 0.393. The minimum Gasteiger partial charge on any atom is -0.454 e. The van der Waals surface area contributed by atoms with E-state index in [1.165, 1.54) is 0 Å². The summed E-state index contributed by atoms with van der Waals surface area (Å²) >= 11 is 0. The standard InChI is InChI=1S/C14H17N3O5/c1-8-3-9(2)5-10(4-8)13(20)16-6-12(19)22-7-11(18)17-14(15)21/h3-5H,6-7H2,1-2H3,(H,16,20)(H3,15,17,18,21). The molecule has 0 spiro atoms. The van der Waals surface area contributed by atoms with Gasteiger partial charge in [0.05, 0.1) is 0 Å². The highest BCUT2D eigenvalue weighted by molar-refractivity contribution is 5.97. The zero-order valence-corrected chi connectivity index (χ0v) is 12.3. The van der Waals surface area contributed by atoms with Crippen LogP contribution in [0.25, 0.3) is 0 Å². The van der Waals surface area contributed by atoms with Crippen molar-refractivity contribution >= 4 is 23.8 Å². The fraction of sp³-hybridized carbons (Fsp3) is 0.286. The number of rotatable bonds is 5. The Labute approximate surface area is 127 Å². The van der Waals surface area contributed by atoms with Gasteiger partial charge in [0.25, 0.3) is 11.8 Å². The topological polar surface area (TPSA) is 128 Å². The van der Waals surface area contributed by atoms with Gasteiger partial charge >= 0.3 is 12.0 Å². The van der Waals surface area contributed by atoms with E-state index in [2.05, 4.69) is 10.1 Å². The number of hydrogen-bond donors (Lipinski definition) is 3. The van der Waals surface area contributed by atoms with Crippen molar-refractivity contribution in [3.8, 4) is 0 Å². The van der Waals surface area contributed by atoms with E-state index < -0.39 is 37.0 Å². The van der Waals surface area contributed by atoms with Gasteiger partial charge in [0, 0.05) is 5.56 Å². The second-order valence-corrected chi connectivity index (χ2v) is 4.63. The van der Waals surface area contributed by atoms with Crippen molar-refractivity contribution in [2.24, 2.45) is 5.73 Å². The molecule has 4 N–H and O–H groups in total. The monoisotopic (exact) mass is 307 g/mol. The van der Waals surface area contributed by atoms with Gasteiger partial charge in [-0.15, -0.1) is 0 Å². The first-order valence-corrected chi connectivity index (χ1v) is 6.39. The van der Waals surface area contributed by atoms with Crippen molar-refractivity contribution < 1.29 is 23.9 Å². The molecule has 22 heavy (non-hydrogen) atoms. The normalized spacial score (nSPS) is 9.73. The molecule has 1 aromatic rings. The van der Waals surface area contributed by atoms with E-state index in [9.17, 15) is 19.2 Å². The second kappa shape index (κ2) is 7.77. The average Bonchev–Trinajstić information content (AvgIpc) is 2.40. The Morgan fingerprint density at radius 3 is 2.23 bits per heavy atom. The molecule has 0 unspecified atom stereocenters. The number of aryl methyl sites for hydroxylation is 2. The maximum atomic E-state index is 11.9. The first-order chi connectivity index (χ1) is 10.3. The summed E-state index contributed by atoms with van der Waals surface area (Å²) in [6.45, 7) is 2.67. The van der Waals surface area contributed by atoms with E-state index in [1.807, 2.05) is 19.9 Å². The number of nitrogens with one attached hydrogen (secondary N) is 2. The molecule has 0 atom stereocenters. The first-order valence-electron chi connectivity index (χ1n) is 6.39. The molecule has 1 rings (SSSR count). The molecule has 0 fully saturated rings. The fourth-order valence-corrected chi connectivity index (χ4v) is 1.73. The number of benzene rings is 1. The number of ether oxygens (including phenoxy) is 1. The lowest BCUT2D eigenvalue weighted by Crippen LogP contribution is -2.39. The van der Waals surface area contributed by atoms with Crippen LogP contribution in [0, 0.1) is 13.8 Å². The predicted molar refractivity (Wildman–Crippen MR) is 76.9 cm³/mol. The SMILES string of the molecule is Cc1cc(C)cc(C(=O)NCC(=O)OCC(=O)NC(N)=O)c1. The minimum atomic E-state index is -1.04. The molecular formula is C14H17N3O5. The molecule has 0 saturated carbocycles. The number of amides is 4. The van der Waals surface area contributed by atoms with Crippen LogP contribution in [0.3, 0.4) is 0 Å². The highest BCUT2D eigenvalue weighted by Crippen LogP contribution is 2.08. The summed E-state index contributed by atoms with van der Waals surface area (Å²) < 4.78 is 4.56. The van der Waals surface area contributed by atoms with Gasteiger partial charge in [-0.2, -0.15) is 0 Å². The maximum absolute atomic E-state index is 11.9. The van der Waals surface area contributed by atoms with Gasteiger partial charge in [-0.1, -0.05) is 17.2 Å². The number of carbonyl (C=O) groups excluding carboxylic acids is 4. The molecule has 0 aliphatic carbocycles. The number of hydrogen-bond acceptors (Lipinski definition) is 5. The Morgan fingerprint density at radius 1 is 1.09 bits per heavy atom. The van der Waals surface area contributed by atoms with Crippen LogP contribution in [0.4, 0.5) is 4.79 Å². The number of nitrogens with two attached hydrogens (primary N) is 1. The van der Waals surface area contributed by atoms with Crippen LogP contribution in [0.1, 0.15) is 21.5 Å². The van der Waals surface area contributed by atoms with Crippen LogP contribution < -0.4 is 16.4 Å². The summed E-state index contributed by atoms with van der Waals surface area (Å²) in [5.74, 6) is -2.08. The van der Waals surface area contributed by atoms with E-state index >= 15 is 0 Å². The molecule has 0 saturated heterocycles. The van der Waals surface area contributed by atoms with E-state index in [1.54, 1.807) is 17.4 Å². The number of imide groups is 1. The highest BCUT2D eigenvalue weighted by atomic mass is 16.5. The molecule has 8 nitrogen and oxygen atoms in total. The van der Waals surface area contributed by atoms with Crippen LogP contribution in [-0.4, -0.2) is 37.0 Å². The molecule has 0 aliphatic rings. The van der Waals surface area contributed by atoms with Crippen molar-refractivity contribution in [1.82, 2.24) is 10.6 Å². The van der Waals surface area contributed by atoms with Gasteiger partial charge in [0.15, 0.2) is 6.61 Å². The molecule has 0 heterocycles. The zero-order chi connectivity index (χ0) is 16.7. The van der Waals surface area contributed by atoms with Crippen molar-refractivity contribution in [2.75, 3.05) is 13.2 Å². The van der Waals surface area contributed by atoms with E-state index in [0.717, 1.165) is 11.1 Å². The van der Waals surface area contributed by atoms with Gasteiger partial charge in [-0.25, -0.2) is 4.79 Å². The molecule has 0 aliphatic heterocycles. The van der Waals surface area contributed by atoms with Crippen LogP contribution in [0.2, 0.25) is 0 Å². The third-order valence-electron chi connectivity index (χ3n) is 2.50. The quantitative estimate of drug-likeness (QED) is 0.647. The van der Waals surface area contributed by atoms with Crippen molar-refractivity contribution in [2.45, 2.75) is 13.8 Å². The van der Waals surface area contributed by atoms with Crippen LogP contribution in [0.15, 0.2) is 18.2 Å². The molecule has 8 heteroatoms. The second-order valence-electron chi connectivity index (χ2n) is 4.63. The van der Waals surface area contributed by atoms with Crippen LogP contribution >= 0.6 is 0 Å². The smallest absolute Gasteiger partial charge is 0.325 e. The van der Waals surface area contributed by atoms with Crippen molar-refractivity contribution in [3.05, 3.63) is 34.9 Å². The Bertz CT molecular complexity index is 592. The molecule has 0 radical (unpaired) electrons.